The van der Waals surface area contributed by atoms with Crippen LogP contribution in [-0.4, -0.2) is 23.1 Å². The van der Waals surface area contributed by atoms with Crippen LogP contribution in [0, 0.1) is 0 Å². The average molecular weight is 367 g/mol. The number of aromatic nitrogens is 2. The number of hydrogen-bond donors (Lipinski definition) is 2. The smallest absolute Gasteiger partial charge is 0.163 e. The number of hydrogen-bond acceptors (Lipinski definition) is 5. The normalized spacial score (nSPS) is 13.3. The Bertz CT molecular complexity index is 913. The maximum Gasteiger partial charge on any atom is 0.163 e. The van der Waals surface area contributed by atoms with E-state index in [1.54, 1.807) is 13.2 Å². The van der Waals surface area contributed by atoms with Crippen LogP contribution in [0.5, 0.6) is 5.75 Å². The fourth-order valence-electron chi connectivity index (χ4n) is 2.65. The van der Waals surface area contributed by atoms with E-state index in [0.717, 1.165) is 17.1 Å². The van der Waals surface area contributed by atoms with Crippen molar-refractivity contribution in [3.05, 3.63) is 59.6 Å². The molecule has 1 heterocycles. The van der Waals surface area contributed by atoms with Crippen molar-refractivity contribution < 1.29 is 4.74 Å². The largest absolute Gasteiger partial charge is 0.495 e. The van der Waals surface area contributed by atoms with Crippen molar-refractivity contribution in [1.29, 1.82) is 0 Å². The van der Waals surface area contributed by atoms with Crippen molar-refractivity contribution in [3.63, 3.8) is 0 Å². The zero-order valence-corrected chi connectivity index (χ0v) is 15.1. The predicted octanol–water partition coefficient (Wildman–Crippen LogP) is 5.12. The van der Waals surface area contributed by atoms with Gasteiger partial charge in [-0.3, -0.25) is 0 Å². The molecule has 3 aromatic rings. The highest BCUT2D eigenvalue weighted by atomic mass is 35.5. The topological polar surface area (TPSA) is 59.1 Å². The second-order valence-corrected chi connectivity index (χ2v) is 6.65. The minimum Gasteiger partial charge on any atom is -0.495 e. The summed E-state index contributed by atoms with van der Waals surface area (Å²) in [6.07, 6.45) is 2.35. The Labute approximate surface area is 157 Å². The number of benzene rings is 2. The Morgan fingerprint density at radius 1 is 1.00 bits per heavy atom. The van der Waals surface area contributed by atoms with Gasteiger partial charge in [-0.05, 0) is 31.0 Å². The van der Waals surface area contributed by atoms with E-state index in [2.05, 4.69) is 20.6 Å². The van der Waals surface area contributed by atoms with E-state index in [0.29, 0.717) is 28.5 Å². The molecule has 1 saturated carbocycles. The Balaban J connectivity index is 1.71. The SMILES string of the molecule is COc1ccc(Cl)cc1Nc1cc(NC2CC2)nc(-c2ccccc2)n1. The number of halogens is 1. The lowest BCUT2D eigenvalue weighted by atomic mass is 10.2. The lowest BCUT2D eigenvalue weighted by molar-refractivity contribution is 0.417. The molecule has 0 bridgehead atoms. The van der Waals surface area contributed by atoms with Gasteiger partial charge < -0.3 is 15.4 Å². The van der Waals surface area contributed by atoms with Gasteiger partial charge in [0.1, 0.15) is 17.4 Å². The molecule has 4 rings (SSSR count). The minimum atomic E-state index is 0.502. The third-order valence-electron chi connectivity index (χ3n) is 4.11. The zero-order chi connectivity index (χ0) is 17.9. The van der Waals surface area contributed by atoms with E-state index in [4.69, 9.17) is 16.3 Å². The Kier molecular flexibility index (Phi) is 4.63. The van der Waals surface area contributed by atoms with Gasteiger partial charge in [0.15, 0.2) is 5.82 Å². The van der Waals surface area contributed by atoms with E-state index in [-0.39, 0.29) is 0 Å². The molecule has 0 radical (unpaired) electrons. The van der Waals surface area contributed by atoms with Crippen LogP contribution in [0.2, 0.25) is 5.02 Å². The number of methoxy groups -OCH3 is 1. The first-order chi connectivity index (χ1) is 12.7. The van der Waals surface area contributed by atoms with Crippen LogP contribution in [0.15, 0.2) is 54.6 Å². The van der Waals surface area contributed by atoms with Gasteiger partial charge in [0.25, 0.3) is 0 Å². The van der Waals surface area contributed by atoms with Crippen molar-refractivity contribution in [2.45, 2.75) is 18.9 Å². The van der Waals surface area contributed by atoms with E-state index in [9.17, 15) is 0 Å². The quantitative estimate of drug-likeness (QED) is 0.633. The first-order valence-corrected chi connectivity index (χ1v) is 8.90. The lowest BCUT2D eigenvalue weighted by Gasteiger charge is -2.13. The summed E-state index contributed by atoms with van der Waals surface area (Å²) in [5.41, 5.74) is 1.73. The molecule has 26 heavy (non-hydrogen) atoms. The Morgan fingerprint density at radius 2 is 1.77 bits per heavy atom. The van der Waals surface area contributed by atoms with E-state index < -0.39 is 0 Å². The molecule has 132 valence electrons. The molecule has 1 aliphatic carbocycles. The van der Waals surface area contributed by atoms with Gasteiger partial charge in [-0.1, -0.05) is 41.9 Å². The average Bonchev–Trinajstić information content (AvgIpc) is 3.46. The second-order valence-electron chi connectivity index (χ2n) is 6.22. The van der Waals surface area contributed by atoms with Crippen LogP contribution in [-0.2, 0) is 0 Å². The van der Waals surface area contributed by atoms with Gasteiger partial charge >= 0.3 is 0 Å². The third kappa shape index (κ3) is 3.89. The standard InChI is InChI=1S/C20H19ClN4O/c1-26-17-10-7-14(21)11-16(17)23-19-12-18(22-15-8-9-15)24-20(25-19)13-5-3-2-4-6-13/h2-7,10-12,15H,8-9H2,1H3,(H2,22,23,24,25). The van der Waals surface area contributed by atoms with Crippen LogP contribution in [0.25, 0.3) is 11.4 Å². The number of rotatable bonds is 6. The molecule has 0 unspecified atom stereocenters. The lowest BCUT2D eigenvalue weighted by Crippen LogP contribution is -2.06. The minimum absolute atomic E-state index is 0.502. The molecular weight excluding hydrogens is 348 g/mol. The maximum absolute atomic E-state index is 6.13. The van der Waals surface area contributed by atoms with Gasteiger partial charge in [-0.15, -0.1) is 0 Å². The fraction of sp³-hybridized carbons (Fsp3) is 0.200. The van der Waals surface area contributed by atoms with Crippen LogP contribution >= 0.6 is 11.6 Å². The molecule has 0 saturated heterocycles. The van der Waals surface area contributed by atoms with Gasteiger partial charge in [-0.25, -0.2) is 9.97 Å². The molecule has 0 amide bonds. The van der Waals surface area contributed by atoms with Gasteiger partial charge in [0.05, 0.1) is 12.8 Å². The highest BCUT2D eigenvalue weighted by molar-refractivity contribution is 6.31. The van der Waals surface area contributed by atoms with Crippen molar-refractivity contribution in [1.82, 2.24) is 9.97 Å². The van der Waals surface area contributed by atoms with E-state index in [1.165, 1.54) is 12.8 Å². The summed E-state index contributed by atoms with van der Waals surface area (Å²) in [6, 6.07) is 17.8. The highest BCUT2D eigenvalue weighted by Gasteiger charge is 2.22. The molecule has 6 heteroatoms. The van der Waals surface area contributed by atoms with Crippen molar-refractivity contribution in [3.8, 4) is 17.1 Å². The maximum atomic E-state index is 6.13. The Morgan fingerprint density at radius 3 is 2.50 bits per heavy atom. The fourth-order valence-corrected chi connectivity index (χ4v) is 2.83. The van der Waals surface area contributed by atoms with Crippen LogP contribution in [0.4, 0.5) is 17.3 Å². The van der Waals surface area contributed by atoms with E-state index >= 15 is 0 Å². The third-order valence-corrected chi connectivity index (χ3v) is 4.35. The predicted molar refractivity (Wildman–Crippen MR) is 105 cm³/mol. The second kappa shape index (κ2) is 7.22. The molecule has 0 aliphatic heterocycles. The molecule has 1 aliphatic rings. The van der Waals surface area contributed by atoms with Crippen molar-refractivity contribution in [2.24, 2.45) is 0 Å². The number of nitrogens with zero attached hydrogens (tertiary/aromatic N) is 2. The first-order valence-electron chi connectivity index (χ1n) is 8.53. The van der Waals surface area contributed by atoms with Crippen LogP contribution < -0.4 is 15.4 Å². The monoisotopic (exact) mass is 366 g/mol. The highest BCUT2D eigenvalue weighted by Crippen LogP contribution is 2.32. The summed E-state index contributed by atoms with van der Waals surface area (Å²) in [4.78, 5) is 9.34. The molecule has 1 aromatic heterocycles. The number of ether oxygens (including phenoxy) is 1. The van der Waals surface area contributed by atoms with Gasteiger partial charge in [-0.2, -0.15) is 0 Å². The Hall–Kier alpha value is -2.79. The summed E-state index contributed by atoms with van der Waals surface area (Å²) in [7, 11) is 1.63. The summed E-state index contributed by atoms with van der Waals surface area (Å²) in [5, 5.41) is 7.38. The first kappa shape index (κ1) is 16.7. The van der Waals surface area contributed by atoms with Crippen molar-refractivity contribution >= 4 is 28.9 Å². The van der Waals surface area contributed by atoms with Crippen LogP contribution in [0.1, 0.15) is 12.8 Å². The number of nitrogens with one attached hydrogen (secondary N) is 2. The summed E-state index contributed by atoms with van der Waals surface area (Å²) in [6.45, 7) is 0. The summed E-state index contributed by atoms with van der Waals surface area (Å²) < 4.78 is 5.41. The molecule has 2 N–H and O–H groups in total. The molecule has 0 spiro atoms. The molecule has 2 aromatic carbocycles. The van der Waals surface area contributed by atoms with E-state index in [1.807, 2.05) is 48.5 Å². The molecule has 1 fully saturated rings. The van der Waals surface area contributed by atoms with Gasteiger partial charge in [0, 0.05) is 22.7 Å². The van der Waals surface area contributed by atoms with Crippen LogP contribution in [0.3, 0.4) is 0 Å². The van der Waals surface area contributed by atoms with Gasteiger partial charge in [0.2, 0.25) is 0 Å². The molecule has 0 atom stereocenters. The number of anilines is 3. The molecular formula is C20H19ClN4O. The molecule has 5 nitrogen and oxygen atoms in total. The summed E-state index contributed by atoms with van der Waals surface area (Å²) >= 11 is 6.13. The summed E-state index contributed by atoms with van der Waals surface area (Å²) in [5.74, 6) is 2.86. The van der Waals surface area contributed by atoms with Crippen molar-refractivity contribution in [2.75, 3.05) is 17.7 Å². The zero-order valence-electron chi connectivity index (χ0n) is 14.4.